The van der Waals surface area contributed by atoms with Crippen LogP contribution in [0.1, 0.15) is 30.4 Å². The molecule has 0 spiro atoms. The number of ether oxygens (including phenoxy) is 3. The molecule has 0 aromatic heterocycles. The lowest BCUT2D eigenvalue weighted by atomic mass is 10.0. The number of hydrogen-bond donors (Lipinski definition) is 0. The number of nitrogens with zero attached hydrogens (tertiary/aromatic N) is 1. The maximum atomic E-state index is 9.60. The van der Waals surface area contributed by atoms with Crippen molar-refractivity contribution < 1.29 is 14.2 Å². The van der Waals surface area contributed by atoms with Gasteiger partial charge in [0, 0.05) is 6.42 Å². The molecule has 0 bridgehead atoms. The molecule has 4 heteroatoms. The van der Waals surface area contributed by atoms with Crippen LogP contribution in [-0.4, -0.2) is 18.5 Å². The average Bonchev–Trinajstić information content (AvgIpc) is 2.68. The molecule has 0 saturated carbocycles. The van der Waals surface area contributed by atoms with Crippen molar-refractivity contribution in [1.82, 2.24) is 0 Å². The Labute approximate surface area is 149 Å². The Morgan fingerprint density at radius 1 is 1.00 bits per heavy atom. The molecule has 2 aromatic carbocycles. The third-order valence-electron chi connectivity index (χ3n) is 4.29. The van der Waals surface area contributed by atoms with E-state index in [9.17, 15) is 5.26 Å². The number of benzene rings is 2. The summed E-state index contributed by atoms with van der Waals surface area (Å²) in [4.78, 5) is 0. The minimum absolute atomic E-state index is 0.118. The zero-order valence-electron chi connectivity index (χ0n) is 14.3. The van der Waals surface area contributed by atoms with Crippen LogP contribution in [-0.2, 0) is 27.4 Å². The number of rotatable bonds is 7. The van der Waals surface area contributed by atoms with E-state index in [-0.39, 0.29) is 6.10 Å². The van der Waals surface area contributed by atoms with E-state index in [1.54, 1.807) is 0 Å². The van der Waals surface area contributed by atoms with Gasteiger partial charge in [-0.25, -0.2) is 0 Å². The molecule has 3 rings (SSSR count). The van der Waals surface area contributed by atoms with E-state index < -0.39 is 5.79 Å². The van der Waals surface area contributed by atoms with Gasteiger partial charge in [-0.15, -0.1) is 0 Å². The standard InChI is InChI=1S/C21H23NO3/c22-17-21(24-15-19-10-5-2-6-11-19)13-7-12-20(25-21)16-23-14-18-8-3-1-4-9-18/h1-6,8-11,20H,7,12-16H2. The molecule has 0 amide bonds. The van der Waals surface area contributed by atoms with Gasteiger partial charge < -0.3 is 14.2 Å². The third kappa shape index (κ3) is 5.14. The summed E-state index contributed by atoms with van der Waals surface area (Å²) in [6.45, 7) is 1.38. The summed E-state index contributed by atoms with van der Waals surface area (Å²) in [7, 11) is 0. The zero-order chi connectivity index (χ0) is 17.4. The van der Waals surface area contributed by atoms with Crippen molar-refractivity contribution in [3.8, 4) is 6.07 Å². The lowest BCUT2D eigenvalue weighted by Gasteiger charge is -2.35. The van der Waals surface area contributed by atoms with Crippen LogP contribution >= 0.6 is 0 Å². The smallest absolute Gasteiger partial charge is 0.259 e. The van der Waals surface area contributed by atoms with Gasteiger partial charge >= 0.3 is 0 Å². The molecule has 1 aliphatic heterocycles. The van der Waals surface area contributed by atoms with Crippen molar-refractivity contribution in [2.75, 3.05) is 6.61 Å². The molecule has 0 radical (unpaired) electrons. The monoisotopic (exact) mass is 337 g/mol. The van der Waals surface area contributed by atoms with E-state index in [1.165, 1.54) is 0 Å². The van der Waals surface area contributed by atoms with Crippen molar-refractivity contribution in [2.45, 2.75) is 44.4 Å². The first kappa shape index (κ1) is 17.6. The van der Waals surface area contributed by atoms with E-state index in [0.29, 0.717) is 26.2 Å². The quantitative estimate of drug-likeness (QED) is 0.759. The van der Waals surface area contributed by atoms with Gasteiger partial charge in [-0.05, 0) is 24.0 Å². The van der Waals surface area contributed by atoms with Gasteiger partial charge in [0.15, 0.2) is 0 Å². The molecule has 1 aliphatic rings. The fourth-order valence-electron chi connectivity index (χ4n) is 2.94. The van der Waals surface area contributed by atoms with E-state index in [0.717, 1.165) is 24.0 Å². The largest absolute Gasteiger partial charge is 0.374 e. The summed E-state index contributed by atoms with van der Waals surface area (Å²) in [5, 5.41) is 9.60. The van der Waals surface area contributed by atoms with Gasteiger partial charge in [0.25, 0.3) is 5.79 Å². The average molecular weight is 337 g/mol. The Kier molecular flexibility index (Phi) is 6.19. The highest BCUT2D eigenvalue weighted by atomic mass is 16.7. The normalized spacial score (nSPS) is 23.1. The van der Waals surface area contributed by atoms with Gasteiger partial charge in [0.2, 0.25) is 0 Å². The Morgan fingerprint density at radius 2 is 1.64 bits per heavy atom. The lowest BCUT2D eigenvalue weighted by Crippen LogP contribution is -2.43. The van der Waals surface area contributed by atoms with Gasteiger partial charge in [-0.2, -0.15) is 5.26 Å². The summed E-state index contributed by atoms with van der Waals surface area (Å²) < 4.78 is 17.6. The van der Waals surface area contributed by atoms with E-state index >= 15 is 0 Å². The molecule has 1 heterocycles. The van der Waals surface area contributed by atoms with Crippen molar-refractivity contribution in [1.29, 1.82) is 5.26 Å². The number of hydrogen-bond acceptors (Lipinski definition) is 4. The molecule has 0 aliphatic carbocycles. The third-order valence-corrected chi connectivity index (χ3v) is 4.29. The summed E-state index contributed by atoms with van der Waals surface area (Å²) >= 11 is 0. The number of nitriles is 1. The molecule has 25 heavy (non-hydrogen) atoms. The van der Waals surface area contributed by atoms with Crippen molar-refractivity contribution in [3.05, 3.63) is 71.8 Å². The molecule has 2 aromatic rings. The van der Waals surface area contributed by atoms with Crippen LogP contribution in [0.5, 0.6) is 0 Å². The molecular weight excluding hydrogens is 314 g/mol. The molecule has 1 fully saturated rings. The molecule has 130 valence electrons. The van der Waals surface area contributed by atoms with Crippen LogP contribution in [0, 0.1) is 11.3 Å². The summed E-state index contributed by atoms with van der Waals surface area (Å²) in [6, 6.07) is 22.1. The second kappa shape index (κ2) is 8.77. The fourth-order valence-corrected chi connectivity index (χ4v) is 2.94. The van der Waals surface area contributed by atoms with E-state index in [1.807, 2.05) is 60.7 Å². The molecular formula is C21H23NO3. The summed E-state index contributed by atoms with van der Waals surface area (Å²) in [6.07, 6.45) is 2.24. The summed E-state index contributed by atoms with van der Waals surface area (Å²) in [5.74, 6) is -1.17. The second-order valence-electron chi connectivity index (χ2n) is 6.27. The second-order valence-corrected chi connectivity index (χ2v) is 6.27. The van der Waals surface area contributed by atoms with Crippen LogP contribution in [0.25, 0.3) is 0 Å². The highest BCUT2D eigenvalue weighted by Crippen LogP contribution is 2.30. The van der Waals surface area contributed by atoms with E-state index in [4.69, 9.17) is 14.2 Å². The molecule has 2 atom stereocenters. The SMILES string of the molecule is N#CC1(OCc2ccccc2)CCCC(COCc2ccccc2)O1. The maximum Gasteiger partial charge on any atom is 0.259 e. The Bertz CT molecular complexity index is 683. The first-order valence-corrected chi connectivity index (χ1v) is 8.68. The minimum Gasteiger partial charge on any atom is -0.374 e. The predicted molar refractivity (Wildman–Crippen MR) is 94.4 cm³/mol. The van der Waals surface area contributed by atoms with E-state index in [2.05, 4.69) is 6.07 Å². The van der Waals surface area contributed by atoms with Crippen molar-refractivity contribution in [3.63, 3.8) is 0 Å². The van der Waals surface area contributed by atoms with Gasteiger partial charge in [-0.1, -0.05) is 60.7 Å². The topological polar surface area (TPSA) is 51.5 Å². The highest BCUT2D eigenvalue weighted by Gasteiger charge is 2.39. The Hall–Kier alpha value is -2.19. The van der Waals surface area contributed by atoms with Gasteiger partial charge in [0.05, 0.1) is 25.9 Å². The van der Waals surface area contributed by atoms with Gasteiger partial charge in [0.1, 0.15) is 6.07 Å². The lowest BCUT2D eigenvalue weighted by molar-refractivity contribution is -0.258. The molecule has 4 nitrogen and oxygen atoms in total. The van der Waals surface area contributed by atoms with Crippen LogP contribution < -0.4 is 0 Å². The molecule has 0 N–H and O–H groups in total. The van der Waals surface area contributed by atoms with Crippen LogP contribution in [0.15, 0.2) is 60.7 Å². The molecule has 1 saturated heterocycles. The van der Waals surface area contributed by atoms with Crippen LogP contribution in [0.3, 0.4) is 0 Å². The van der Waals surface area contributed by atoms with Gasteiger partial charge in [-0.3, -0.25) is 0 Å². The van der Waals surface area contributed by atoms with Crippen LogP contribution in [0.2, 0.25) is 0 Å². The zero-order valence-corrected chi connectivity index (χ0v) is 14.3. The summed E-state index contributed by atoms with van der Waals surface area (Å²) in [5.41, 5.74) is 2.16. The highest BCUT2D eigenvalue weighted by molar-refractivity contribution is 5.14. The first-order valence-electron chi connectivity index (χ1n) is 8.68. The first-order chi connectivity index (χ1) is 12.3. The minimum atomic E-state index is -1.17. The maximum absolute atomic E-state index is 9.60. The predicted octanol–water partition coefficient (Wildman–Crippen LogP) is 4.21. The van der Waals surface area contributed by atoms with Crippen molar-refractivity contribution in [2.24, 2.45) is 0 Å². The Morgan fingerprint density at radius 3 is 2.28 bits per heavy atom. The molecule has 2 unspecified atom stereocenters. The van der Waals surface area contributed by atoms with Crippen LogP contribution in [0.4, 0.5) is 0 Å². The fraction of sp³-hybridized carbons (Fsp3) is 0.381. The van der Waals surface area contributed by atoms with Crippen molar-refractivity contribution >= 4 is 0 Å². The Balaban J connectivity index is 1.50.